The van der Waals surface area contributed by atoms with E-state index in [0.717, 1.165) is 25.8 Å². The fraction of sp³-hybridized carbons (Fsp3) is 0.455. The van der Waals surface area contributed by atoms with Gasteiger partial charge >= 0.3 is 0 Å². The molecular weight excluding hydrogens is 414 g/mol. The third-order valence-corrected chi connectivity index (χ3v) is 6.14. The minimum atomic E-state index is -0.948. The number of rotatable bonds is 3. The molecule has 3 aliphatic rings. The van der Waals surface area contributed by atoms with Crippen molar-refractivity contribution in [3.63, 3.8) is 0 Å². The smallest absolute Gasteiger partial charge is 0.258 e. The SMILES string of the molecule is C[C@H]1CCCCN1c1nc2c(c(=O)[nH]1)[C@@H](C(=O)Nc1ccc3c(c1)OCCO3)CC(=O)N2. The monoisotopic (exact) mass is 439 g/mol. The molecule has 2 amide bonds. The van der Waals surface area contributed by atoms with Crippen molar-refractivity contribution in [3.05, 3.63) is 34.1 Å². The molecule has 3 aliphatic heterocycles. The molecule has 5 rings (SSSR count). The maximum Gasteiger partial charge on any atom is 0.258 e. The number of aromatic amines is 1. The van der Waals surface area contributed by atoms with Gasteiger partial charge in [-0.2, -0.15) is 4.98 Å². The van der Waals surface area contributed by atoms with Crippen LogP contribution in [-0.2, 0) is 9.59 Å². The Morgan fingerprint density at radius 3 is 2.81 bits per heavy atom. The maximum absolute atomic E-state index is 13.1. The molecule has 0 spiro atoms. The third kappa shape index (κ3) is 3.76. The van der Waals surface area contributed by atoms with Crippen LogP contribution in [0.1, 0.15) is 44.1 Å². The van der Waals surface area contributed by atoms with Crippen LogP contribution in [0.2, 0.25) is 0 Å². The number of aromatic nitrogens is 2. The molecule has 1 saturated heterocycles. The molecule has 3 N–H and O–H groups in total. The highest BCUT2D eigenvalue weighted by Crippen LogP contribution is 2.34. The van der Waals surface area contributed by atoms with Crippen molar-refractivity contribution in [1.82, 2.24) is 9.97 Å². The highest BCUT2D eigenvalue weighted by atomic mass is 16.6. The zero-order valence-electron chi connectivity index (χ0n) is 17.8. The van der Waals surface area contributed by atoms with E-state index in [2.05, 4.69) is 27.5 Å². The molecular formula is C22H25N5O5. The molecule has 1 aromatic heterocycles. The summed E-state index contributed by atoms with van der Waals surface area (Å²) in [6, 6.07) is 5.31. The first-order valence-electron chi connectivity index (χ1n) is 10.9. The number of amides is 2. The predicted octanol–water partition coefficient (Wildman–Crippen LogP) is 1.98. The Morgan fingerprint density at radius 2 is 2.00 bits per heavy atom. The third-order valence-electron chi connectivity index (χ3n) is 6.14. The summed E-state index contributed by atoms with van der Waals surface area (Å²) in [7, 11) is 0. The van der Waals surface area contributed by atoms with E-state index in [0.29, 0.717) is 36.3 Å². The van der Waals surface area contributed by atoms with E-state index in [-0.39, 0.29) is 29.8 Å². The molecule has 1 fully saturated rings. The van der Waals surface area contributed by atoms with Crippen molar-refractivity contribution in [2.75, 3.05) is 35.3 Å². The largest absolute Gasteiger partial charge is 0.486 e. The topological polar surface area (TPSA) is 126 Å². The lowest BCUT2D eigenvalue weighted by molar-refractivity contribution is -0.123. The summed E-state index contributed by atoms with van der Waals surface area (Å²) in [5.74, 6) is -0.0302. The second kappa shape index (κ2) is 8.18. The number of piperidine rings is 1. The van der Waals surface area contributed by atoms with Crippen molar-refractivity contribution in [2.45, 2.75) is 44.6 Å². The van der Waals surface area contributed by atoms with Gasteiger partial charge in [-0.25, -0.2) is 0 Å². The van der Waals surface area contributed by atoms with E-state index >= 15 is 0 Å². The van der Waals surface area contributed by atoms with Crippen LogP contribution >= 0.6 is 0 Å². The number of hydrogen-bond acceptors (Lipinski definition) is 7. The van der Waals surface area contributed by atoms with Gasteiger partial charge in [-0.3, -0.25) is 19.4 Å². The molecule has 0 radical (unpaired) electrons. The van der Waals surface area contributed by atoms with Gasteiger partial charge in [0.05, 0.1) is 11.5 Å². The van der Waals surface area contributed by atoms with Crippen molar-refractivity contribution in [1.29, 1.82) is 0 Å². The van der Waals surface area contributed by atoms with Crippen LogP contribution in [-0.4, -0.2) is 47.6 Å². The van der Waals surface area contributed by atoms with Gasteiger partial charge in [0, 0.05) is 30.8 Å². The van der Waals surface area contributed by atoms with Gasteiger partial charge in [-0.15, -0.1) is 0 Å². The minimum absolute atomic E-state index is 0.131. The molecule has 10 heteroatoms. The van der Waals surface area contributed by atoms with Gasteiger partial charge in [-0.05, 0) is 38.3 Å². The summed E-state index contributed by atoms with van der Waals surface area (Å²) in [6.45, 7) is 3.77. The number of benzene rings is 1. The van der Waals surface area contributed by atoms with Crippen molar-refractivity contribution >= 4 is 29.3 Å². The van der Waals surface area contributed by atoms with Crippen LogP contribution in [0.15, 0.2) is 23.0 Å². The predicted molar refractivity (Wildman–Crippen MR) is 118 cm³/mol. The molecule has 0 aliphatic carbocycles. The van der Waals surface area contributed by atoms with Crippen molar-refractivity contribution < 1.29 is 19.1 Å². The number of nitrogens with one attached hydrogen (secondary N) is 3. The molecule has 2 atom stereocenters. The number of carbonyl (C=O) groups excluding carboxylic acids is 2. The second-order valence-corrected chi connectivity index (χ2v) is 8.34. The van der Waals surface area contributed by atoms with Gasteiger partial charge < -0.3 is 25.0 Å². The van der Waals surface area contributed by atoms with E-state index in [1.54, 1.807) is 18.2 Å². The Bertz CT molecular complexity index is 1130. The van der Waals surface area contributed by atoms with Crippen LogP contribution in [0.3, 0.4) is 0 Å². The number of H-pyrrole nitrogens is 1. The molecule has 0 bridgehead atoms. The average Bonchev–Trinajstić information content (AvgIpc) is 2.78. The zero-order valence-corrected chi connectivity index (χ0v) is 17.8. The lowest BCUT2D eigenvalue weighted by atomic mass is 9.92. The van der Waals surface area contributed by atoms with Gasteiger partial charge in [0.2, 0.25) is 17.8 Å². The van der Waals surface area contributed by atoms with E-state index in [4.69, 9.17) is 9.47 Å². The van der Waals surface area contributed by atoms with E-state index in [1.165, 1.54) is 0 Å². The Balaban J connectivity index is 1.43. The molecule has 4 heterocycles. The van der Waals surface area contributed by atoms with E-state index in [9.17, 15) is 14.4 Å². The zero-order chi connectivity index (χ0) is 22.2. The number of ether oxygens (including phenoxy) is 2. The standard InChI is InChI=1S/C22H25N5O5/c1-12-4-2-3-7-27(12)22-25-19-18(21(30)26-22)14(11-17(28)24-19)20(29)23-13-5-6-15-16(10-13)32-9-8-31-15/h5-6,10,12,14H,2-4,7-9,11H2,1H3,(H,23,29)(H2,24,25,26,28,30)/t12-,14-/m0/s1. The van der Waals surface area contributed by atoms with Crippen LogP contribution in [0.4, 0.5) is 17.5 Å². The summed E-state index contributed by atoms with van der Waals surface area (Å²) in [5, 5.41) is 5.46. The fourth-order valence-electron chi connectivity index (χ4n) is 4.48. The number of nitrogens with zero attached hydrogens (tertiary/aromatic N) is 2. The molecule has 10 nitrogen and oxygen atoms in total. The van der Waals surface area contributed by atoms with Gasteiger partial charge in [0.1, 0.15) is 19.0 Å². The Hall–Kier alpha value is -3.56. The van der Waals surface area contributed by atoms with E-state index < -0.39 is 17.4 Å². The highest BCUT2D eigenvalue weighted by Gasteiger charge is 2.35. The first-order chi connectivity index (χ1) is 15.5. The molecule has 32 heavy (non-hydrogen) atoms. The normalized spacial score (nSPS) is 22.0. The Kier molecular flexibility index (Phi) is 5.20. The molecule has 1 aromatic carbocycles. The minimum Gasteiger partial charge on any atom is -0.486 e. The quantitative estimate of drug-likeness (QED) is 0.668. The van der Waals surface area contributed by atoms with Gasteiger partial charge in [0.25, 0.3) is 5.56 Å². The maximum atomic E-state index is 13.1. The highest BCUT2D eigenvalue weighted by molar-refractivity contribution is 6.04. The van der Waals surface area contributed by atoms with Crippen LogP contribution in [0, 0.1) is 0 Å². The lowest BCUT2D eigenvalue weighted by Gasteiger charge is -2.34. The summed E-state index contributed by atoms with van der Waals surface area (Å²) in [5.41, 5.74) is 0.257. The average molecular weight is 439 g/mol. The van der Waals surface area contributed by atoms with Gasteiger partial charge in [-0.1, -0.05) is 0 Å². The number of anilines is 3. The number of fused-ring (bicyclic) bond motifs is 2. The summed E-state index contributed by atoms with van der Waals surface area (Å²) < 4.78 is 11.0. The first kappa shape index (κ1) is 20.3. The van der Waals surface area contributed by atoms with Crippen LogP contribution < -0.4 is 30.6 Å². The Morgan fingerprint density at radius 1 is 1.19 bits per heavy atom. The van der Waals surface area contributed by atoms with Crippen molar-refractivity contribution in [2.24, 2.45) is 0 Å². The van der Waals surface area contributed by atoms with Gasteiger partial charge in [0.15, 0.2) is 11.5 Å². The van der Waals surface area contributed by atoms with Crippen molar-refractivity contribution in [3.8, 4) is 11.5 Å². The number of hydrogen-bond donors (Lipinski definition) is 3. The van der Waals surface area contributed by atoms with Crippen LogP contribution in [0.25, 0.3) is 0 Å². The summed E-state index contributed by atoms with van der Waals surface area (Å²) >= 11 is 0. The van der Waals surface area contributed by atoms with Crippen LogP contribution in [0.5, 0.6) is 11.5 Å². The molecule has 168 valence electrons. The molecule has 0 unspecified atom stereocenters. The lowest BCUT2D eigenvalue weighted by Crippen LogP contribution is -2.42. The Labute approximate surface area is 184 Å². The second-order valence-electron chi connectivity index (χ2n) is 8.34. The first-order valence-corrected chi connectivity index (χ1v) is 10.9. The summed E-state index contributed by atoms with van der Waals surface area (Å²) in [4.78, 5) is 47.8. The number of carbonyl (C=O) groups is 2. The molecule has 0 saturated carbocycles. The fourth-order valence-corrected chi connectivity index (χ4v) is 4.48. The molecule has 2 aromatic rings. The summed E-state index contributed by atoms with van der Waals surface area (Å²) in [6.07, 6.45) is 3.02. The van der Waals surface area contributed by atoms with E-state index in [1.807, 2.05) is 4.90 Å².